The van der Waals surface area contributed by atoms with E-state index in [1.807, 2.05) is 18.2 Å². The van der Waals surface area contributed by atoms with Crippen LogP contribution in [-0.2, 0) is 17.9 Å². The van der Waals surface area contributed by atoms with Crippen LogP contribution in [0.4, 0.5) is 4.39 Å². The minimum absolute atomic E-state index is 0. The van der Waals surface area contributed by atoms with Crippen LogP contribution in [0.3, 0.4) is 0 Å². The van der Waals surface area contributed by atoms with E-state index in [1.165, 1.54) is 6.07 Å². The molecule has 0 radical (unpaired) electrons. The first-order chi connectivity index (χ1) is 13.3. The van der Waals surface area contributed by atoms with Crippen molar-refractivity contribution in [3.8, 4) is 11.5 Å². The molecule has 2 aromatic rings. The Balaban J connectivity index is 0.00000210. The summed E-state index contributed by atoms with van der Waals surface area (Å²) in [6.45, 7) is 6.27. The van der Waals surface area contributed by atoms with Crippen LogP contribution in [0.15, 0.2) is 42.5 Å². The molecule has 162 valence electrons. The molecule has 1 aliphatic rings. The van der Waals surface area contributed by atoms with Crippen molar-refractivity contribution in [2.75, 3.05) is 46.5 Å². The molecule has 0 saturated carbocycles. The lowest BCUT2D eigenvalue weighted by Crippen LogP contribution is -3.00. The van der Waals surface area contributed by atoms with E-state index in [1.54, 1.807) is 25.3 Å². The number of nitrogens with one attached hydrogen (secondary N) is 1. The van der Waals surface area contributed by atoms with E-state index in [2.05, 4.69) is 10.2 Å². The second kappa shape index (κ2) is 13.6. The number of para-hydroxylation sites is 1. The Morgan fingerprint density at radius 3 is 2.48 bits per heavy atom. The second-order valence-electron chi connectivity index (χ2n) is 6.46. The van der Waals surface area contributed by atoms with Gasteiger partial charge in [-0.25, -0.2) is 4.39 Å². The third-order valence-corrected chi connectivity index (χ3v) is 4.63. The highest BCUT2D eigenvalue weighted by Crippen LogP contribution is 2.32. The van der Waals surface area contributed by atoms with Gasteiger partial charge in [0.2, 0.25) is 0 Å². The molecule has 0 amide bonds. The Labute approximate surface area is 184 Å². The standard InChI is InChI=1S/C21H27FN2O3.2ClH/c1-25-20-8-4-6-17(15-23-9-10-24-11-13-26-14-12-24)21(20)27-16-18-5-2-3-7-19(18)22;;/h2-8,23H,9-16H2,1H3;2*1H/p-2. The molecule has 0 spiro atoms. The van der Waals surface area contributed by atoms with Crippen LogP contribution in [0, 0.1) is 5.82 Å². The zero-order chi connectivity index (χ0) is 18.9. The molecule has 1 N–H and O–H groups in total. The van der Waals surface area contributed by atoms with Crippen molar-refractivity contribution in [1.29, 1.82) is 0 Å². The predicted octanol–water partition coefficient (Wildman–Crippen LogP) is -3.16. The van der Waals surface area contributed by atoms with Gasteiger partial charge in [-0.3, -0.25) is 4.90 Å². The first-order valence-electron chi connectivity index (χ1n) is 9.31. The van der Waals surface area contributed by atoms with Gasteiger partial charge in [0.25, 0.3) is 0 Å². The number of methoxy groups -OCH3 is 1. The number of hydrogen-bond donors (Lipinski definition) is 1. The largest absolute Gasteiger partial charge is 1.00 e. The number of rotatable bonds is 9. The van der Waals surface area contributed by atoms with Crippen LogP contribution in [0.5, 0.6) is 11.5 Å². The van der Waals surface area contributed by atoms with Crippen LogP contribution >= 0.6 is 0 Å². The van der Waals surface area contributed by atoms with Gasteiger partial charge in [-0.2, -0.15) is 0 Å². The fourth-order valence-electron chi connectivity index (χ4n) is 3.08. The summed E-state index contributed by atoms with van der Waals surface area (Å²) in [5.41, 5.74) is 1.52. The molecule has 0 atom stereocenters. The van der Waals surface area contributed by atoms with Crippen molar-refractivity contribution in [3.05, 3.63) is 59.4 Å². The summed E-state index contributed by atoms with van der Waals surface area (Å²) in [4.78, 5) is 2.39. The maximum Gasteiger partial charge on any atom is 0.166 e. The van der Waals surface area contributed by atoms with Crippen LogP contribution in [0.2, 0.25) is 0 Å². The number of morpholine rings is 1. The molecule has 29 heavy (non-hydrogen) atoms. The highest BCUT2D eigenvalue weighted by Gasteiger charge is 2.13. The third-order valence-electron chi connectivity index (χ3n) is 4.63. The molecule has 1 fully saturated rings. The van der Waals surface area contributed by atoms with Gasteiger partial charge >= 0.3 is 0 Å². The molecular formula is C21H27Cl2FN2O3-2. The summed E-state index contributed by atoms with van der Waals surface area (Å²) in [5, 5.41) is 3.46. The maximum atomic E-state index is 13.9. The highest BCUT2D eigenvalue weighted by atomic mass is 35.5. The Kier molecular flexibility index (Phi) is 12.0. The van der Waals surface area contributed by atoms with Crippen molar-refractivity contribution in [3.63, 3.8) is 0 Å². The topological polar surface area (TPSA) is 43.0 Å². The summed E-state index contributed by atoms with van der Waals surface area (Å²) in [7, 11) is 1.61. The predicted molar refractivity (Wildman–Crippen MR) is 103 cm³/mol. The van der Waals surface area contributed by atoms with Gasteiger partial charge in [-0.05, 0) is 12.1 Å². The fraction of sp³-hybridized carbons (Fsp3) is 0.429. The van der Waals surface area contributed by atoms with E-state index in [9.17, 15) is 4.39 Å². The molecule has 0 aliphatic carbocycles. The normalized spacial score (nSPS) is 13.9. The molecule has 8 heteroatoms. The minimum atomic E-state index is -0.266. The van der Waals surface area contributed by atoms with Crippen molar-refractivity contribution < 1.29 is 43.4 Å². The Morgan fingerprint density at radius 1 is 1.03 bits per heavy atom. The van der Waals surface area contributed by atoms with E-state index in [4.69, 9.17) is 14.2 Å². The molecule has 3 rings (SSSR count). The molecular weight excluding hydrogens is 418 g/mol. The van der Waals surface area contributed by atoms with Crippen LogP contribution in [0.1, 0.15) is 11.1 Å². The zero-order valence-electron chi connectivity index (χ0n) is 16.5. The van der Waals surface area contributed by atoms with Crippen LogP contribution in [-0.4, -0.2) is 51.4 Å². The lowest BCUT2D eigenvalue weighted by atomic mass is 10.1. The SMILES string of the molecule is COc1cccc(CNCCN2CCOCC2)c1OCc1ccccc1F.[Cl-].[Cl-]. The lowest BCUT2D eigenvalue weighted by Gasteiger charge is -2.26. The highest BCUT2D eigenvalue weighted by molar-refractivity contribution is 5.46. The van der Waals surface area contributed by atoms with E-state index in [0.717, 1.165) is 45.0 Å². The first kappa shape index (κ1) is 25.5. The van der Waals surface area contributed by atoms with Crippen molar-refractivity contribution in [2.24, 2.45) is 0 Å². The molecule has 1 saturated heterocycles. The molecule has 0 aromatic heterocycles. The number of halogens is 3. The summed E-state index contributed by atoms with van der Waals surface area (Å²) in [5.74, 6) is 1.04. The van der Waals surface area contributed by atoms with Gasteiger partial charge in [0, 0.05) is 43.9 Å². The Morgan fingerprint density at radius 2 is 1.76 bits per heavy atom. The zero-order valence-corrected chi connectivity index (χ0v) is 18.0. The number of hydrogen-bond acceptors (Lipinski definition) is 5. The van der Waals surface area contributed by atoms with E-state index in [0.29, 0.717) is 23.6 Å². The molecule has 5 nitrogen and oxygen atoms in total. The van der Waals surface area contributed by atoms with Crippen LogP contribution in [0.25, 0.3) is 0 Å². The molecule has 0 unspecified atom stereocenters. The van der Waals surface area contributed by atoms with Gasteiger partial charge < -0.3 is 44.3 Å². The van der Waals surface area contributed by atoms with Crippen LogP contribution < -0.4 is 39.6 Å². The smallest absolute Gasteiger partial charge is 0.166 e. The monoisotopic (exact) mass is 444 g/mol. The quantitative estimate of drug-likeness (QED) is 0.413. The number of ether oxygens (including phenoxy) is 3. The Bertz CT molecular complexity index is 731. The molecule has 1 heterocycles. The number of benzene rings is 2. The number of nitrogens with zero attached hydrogens (tertiary/aromatic N) is 1. The van der Waals surface area contributed by atoms with Crippen molar-refractivity contribution >= 4 is 0 Å². The fourth-order valence-corrected chi connectivity index (χ4v) is 3.08. The summed E-state index contributed by atoms with van der Waals surface area (Å²) >= 11 is 0. The maximum absolute atomic E-state index is 13.9. The summed E-state index contributed by atoms with van der Waals surface area (Å²) in [6.07, 6.45) is 0. The summed E-state index contributed by atoms with van der Waals surface area (Å²) in [6, 6.07) is 12.4. The lowest BCUT2D eigenvalue weighted by molar-refractivity contribution is -0.001000. The van der Waals surface area contributed by atoms with Gasteiger partial charge in [0.1, 0.15) is 12.4 Å². The van der Waals surface area contributed by atoms with Crippen molar-refractivity contribution in [2.45, 2.75) is 13.2 Å². The Hall–Kier alpha value is -1.57. The van der Waals surface area contributed by atoms with Gasteiger partial charge in [0.15, 0.2) is 11.5 Å². The van der Waals surface area contributed by atoms with Crippen molar-refractivity contribution in [1.82, 2.24) is 10.2 Å². The minimum Gasteiger partial charge on any atom is -1.00 e. The van der Waals surface area contributed by atoms with Gasteiger partial charge in [-0.15, -0.1) is 0 Å². The van der Waals surface area contributed by atoms with E-state index < -0.39 is 0 Å². The van der Waals surface area contributed by atoms with E-state index in [-0.39, 0.29) is 37.2 Å². The first-order valence-corrected chi connectivity index (χ1v) is 9.31. The molecule has 1 aliphatic heterocycles. The average molecular weight is 445 g/mol. The third kappa shape index (κ3) is 7.64. The molecule has 2 aromatic carbocycles. The second-order valence-corrected chi connectivity index (χ2v) is 6.46. The van der Waals surface area contributed by atoms with E-state index >= 15 is 0 Å². The molecule has 0 bridgehead atoms. The van der Waals surface area contributed by atoms with Gasteiger partial charge in [0.05, 0.1) is 20.3 Å². The average Bonchev–Trinajstić information content (AvgIpc) is 2.71. The van der Waals surface area contributed by atoms with Gasteiger partial charge in [-0.1, -0.05) is 30.3 Å². The summed E-state index contributed by atoms with van der Waals surface area (Å²) < 4.78 is 30.6.